The summed E-state index contributed by atoms with van der Waals surface area (Å²) >= 11 is 1.56. The molecule has 5 rings (SSSR count). The number of hydrogen-bond donors (Lipinski definition) is 0. The summed E-state index contributed by atoms with van der Waals surface area (Å²) in [6.45, 7) is 13.3. The molecule has 1 aromatic heterocycles. The Morgan fingerprint density at radius 2 is 1.37 bits per heavy atom. The van der Waals surface area contributed by atoms with E-state index in [1.165, 1.54) is 0 Å². The van der Waals surface area contributed by atoms with Gasteiger partial charge >= 0.3 is 11.9 Å². The van der Waals surface area contributed by atoms with Crippen molar-refractivity contribution in [3.63, 3.8) is 0 Å². The van der Waals surface area contributed by atoms with Gasteiger partial charge in [0.15, 0.2) is 0 Å². The Kier molecular flexibility index (Phi) is 10.4. The van der Waals surface area contributed by atoms with Crippen LogP contribution in [0.3, 0.4) is 0 Å². The number of carbonyl (C=O) groups is 2. The van der Waals surface area contributed by atoms with E-state index in [9.17, 15) is 9.59 Å². The average molecular weight is 607 g/mol. The first-order chi connectivity index (χ1) is 20.6. The number of ether oxygens (including phenoxy) is 3. The average Bonchev–Trinajstić information content (AvgIpc) is 3.52. The largest absolute Gasteiger partial charge is 0.477 e. The van der Waals surface area contributed by atoms with Crippen molar-refractivity contribution in [1.82, 2.24) is 0 Å². The van der Waals surface area contributed by atoms with Crippen LogP contribution in [0.25, 0.3) is 5.76 Å². The van der Waals surface area contributed by atoms with Crippen molar-refractivity contribution in [2.24, 2.45) is 41.4 Å². The second-order valence-corrected chi connectivity index (χ2v) is 15.1. The van der Waals surface area contributed by atoms with Gasteiger partial charge in [-0.1, -0.05) is 90.8 Å². The highest BCUT2D eigenvalue weighted by molar-refractivity contribution is 7.11. The SMILES string of the molecule is CC(C)[C@@H]1CC[C@@H](C)C[C@H]1OC(=O)[C@H]1[C@@H](C(=O)O[C@@H]2C[C@H](C)CC[C@H]2C(C)C)OC(c2cccs2)=C[C@@H]1c1ccccc1. The van der Waals surface area contributed by atoms with Crippen LogP contribution in [0.15, 0.2) is 53.9 Å². The zero-order chi connectivity index (χ0) is 30.7. The Hall–Kier alpha value is -2.60. The van der Waals surface area contributed by atoms with Crippen LogP contribution in [-0.4, -0.2) is 30.3 Å². The predicted molar refractivity (Wildman–Crippen MR) is 172 cm³/mol. The molecule has 0 N–H and O–H groups in total. The molecule has 0 unspecified atom stereocenters. The summed E-state index contributed by atoms with van der Waals surface area (Å²) in [6.07, 6.45) is 6.62. The van der Waals surface area contributed by atoms with Crippen LogP contribution in [0.1, 0.15) is 96.4 Å². The molecule has 5 nitrogen and oxygen atoms in total. The normalized spacial score (nSPS) is 33.0. The lowest BCUT2D eigenvalue weighted by atomic mass is 9.75. The molecule has 0 saturated heterocycles. The van der Waals surface area contributed by atoms with E-state index in [1.54, 1.807) is 11.3 Å². The van der Waals surface area contributed by atoms with E-state index in [1.807, 2.05) is 53.9 Å². The topological polar surface area (TPSA) is 61.8 Å². The summed E-state index contributed by atoms with van der Waals surface area (Å²) in [7, 11) is 0. The summed E-state index contributed by atoms with van der Waals surface area (Å²) in [6, 6.07) is 14.0. The van der Waals surface area contributed by atoms with Crippen LogP contribution in [0.5, 0.6) is 0 Å². The fourth-order valence-corrected chi connectivity index (χ4v) is 8.34. The van der Waals surface area contributed by atoms with E-state index in [0.717, 1.165) is 49.0 Å². The molecule has 2 aromatic rings. The van der Waals surface area contributed by atoms with Crippen molar-refractivity contribution in [1.29, 1.82) is 0 Å². The first kappa shape index (κ1) is 31.8. The first-order valence-electron chi connectivity index (χ1n) is 16.5. The lowest BCUT2D eigenvalue weighted by Gasteiger charge is -2.41. The smallest absolute Gasteiger partial charge is 0.348 e. The number of esters is 2. The molecule has 234 valence electrons. The molecule has 0 amide bonds. The maximum Gasteiger partial charge on any atom is 0.348 e. The second-order valence-electron chi connectivity index (χ2n) is 14.1. The third-order valence-corrected chi connectivity index (χ3v) is 11.1. The van der Waals surface area contributed by atoms with Gasteiger partial charge in [0.1, 0.15) is 23.9 Å². The highest BCUT2D eigenvalue weighted by Crippen LogP contribution is 2.44. The summed E-state index contributed by atoms with van der Waals surface area (Å²) in [4.78, 5) is 29.6. The molecule has 2 fully saturated rings. The number of carbonyl (C=O) groups excluding carboxylic acids is 2. The third-order valence-electron chi connectivity index (χ3n) is 10.2. The Morgan fingerprint density at radius 3 is 1.91 bits per heavy atom. The molecule has 1 aromatic carbocycles. The second kappa shape index (κ2) is 14.0. The van der Waals surface area contributed by atoms with E-state index in [-0.39, 0.29) is 24.1 Å². The number of benzene rings is 1. The van der Waals surface area contributed by atoms with Crippen LogP contribution in [0.2, 0.25) is 0 Å². The van der Waals surface area contributed by atoms with Crippen molar-refractivity contribution in [3.8, 4) is 0 Å². The zero-order valence-electron chi connectivity index (χ0n) is 26.7. The minimum absolute atomic E-state index is 0.170. The maximum absolute atomic E-state index is 14.4. The summed E-state index contributed by atoms with van der Waals surface area (Å²) in [5.41, 5.74) is 0.961. The molecule has 0 spiro atoms. The van der Waals surface area contributed by atoms with Crippen LogP contribution in [0.4, 0.5) is 0 Å². The molecule has 3 aliphatic rings. The van der Waals surface area contributed by atoms with Crippen molar-refractivity contribution < 1.29 is 23.8 Å². The van der Waals surface area contributed by atoms with Gasteiger partial charge in [-0.25, -0.2) is 4.79 Å². The van der Waals surface area contributed by atoms with Gasteiger partial charge < -0.3 is 14.2 Å². The molecule has 6 heteroatoms. The van der Waals surface area contributed by atoms with Crippen LogP contribution < -0.4 is 0 Å². The molecule has 2 heterocycles. The van der Waals surface area contributed by atoms with Crippen LogP contribution in [0, 0.1) is 41.4 Å². The number of allylic oxidation sites excluding steroid dienone is 1. The van der Waals surface area contributed by atoms with Gasteiger partial charge in [-0.2, -0.15) is 0 Å². The highest BCUT2D eigenvalue weighted by atomic mass is 32.1. The van der Waals surface area contributed by atoms with E-state index >= 15 is 0 Å². The fourth-order valence-electron chi connectivity index (χ4n) is 7.65. The summed E-state index contributed by atoms with van der Waals surface area (Å²) in [5, 5.41) is 2.00. The molecular formula is C37H50O5S. The third kappa shape index (κ3) is 7.38. The molecule has 9 atom stereocenters. The van der Waals surface area contributed by atoms with E-state index in [2.05, 4.69) is 41.5 Å². The maximum atomic E-state index is 14.4. The van der Waals surface area contributed by atoms with Crippen molar-refractivity contribution in [2.45, 2.75) is 104 Å². The minimum Gasteiger partial charge on any atom is -0.477 e. The Balaban J connectivity index is 1.51. The Labute approximate surface area is 262 Å². The molecule has 0 bridgehead atoms. The standard InChI is InChI=1S/C37H50O5S/c1-22(2)27-16-14-24(5)19-30(27)41-36(38)34-29(26-11-8-7-9-12-26)21-32(33-13-10-18-43-33)40-35(34)37(39)42-31-20-25(6)15-17-28(31)23(3)4/h7-13,18,21-25,27-31,34-35H,14-17,19-20H2,1-6H3/t24-,25-,27+,28+,29-,30-,31-,34-,35+/m1/s1. The molecule has 1 aliphatic heterocycles. The van der Waals surface area contributed by atoms with Gasteiger partial charge in [0, 0.05) is 5.92 Å². The van der Waals surface area contributed by atoms with Gasteiger partial charge in [-0.3, -0.25) is 4.79 Å². The molecule has 2 saturated carbocycles. The Morgan fingerprint density at radius 1 is 0.791 bits per heavy atom. The quantitative estimate of drug-likeness (QED) is 0.281. The monoisotopic (exact) mass is 606 g/mol. The van der Waals surface area contributed by atoms with Gasteiger partial charge in [0.2, 0.25) is 6.10 Å². The lowest BCUT2D eigenvalue weighted by Crippen LogP contribution is -2.48. The number of hydrogen-bond acceptors (Lipinski definition) is 6. The summed E-state index contributed by atoms with van der Waals surface area (Å²) in [5.74, 6) is 0.964. The van der Waals surface area contributed by atoms with Crippen molar-refractivity contribution in [3.05, 3.63) is 64.4 Å². The lowest BCUT2D eigenvalue weighted by molar-refractivity contribution is -0.180. The first-order valence-corrected chi connectivity index (χ1v) is 17.4. The summed E-state index contributed by atoms with van der Waals surface area (Å²) < 4.78 is 19.3. The molecular weight excluding hydrogens is 556 g/mol. The number of rotatable bonds is 8. The van der Waals surface area contributed by atoms with Gasteiger partial charge in [-0.15, -0.1) is 11.3 Å². The van der Waals surface area contributed by atoms with Crippen LogP contribution >= 0.6 is 11.3 Å². The molecule has 2 aliphatic carbocycles. The van der Waals surface area contributed by atoms with Crippen molar-refractivity contribution in [2.75, 3.05) is 0 Å². The number of thiophene rings is 1. The highest BCUT2D eigenvalue weighted by Gasteiger charge is 2.49. The predicted octanol–water partition coefficient (Wildman–Crippen LogP) is 8.90. The van der Waals surface area contributed by atoms with Gasteiger partial charge in [0.25, 0.3) is 0 Å². The fraction of sp³-hybridized carbons (Fsp3) is 0.622. The van der Waals surface area contributed by atoms with E-state index in [4.69, 9.17) is 14.2 Å². The van der Waals surface area contributed by atoms with Gasteiger partial charge in [-0.05, 0) is 84.3 Å². The Bertz CT molecular complexity index is 1230. The van der Waals surface area contributed by atoms with E-state index < -0.39 is 18.0 Å². The zero-order valence-corrected chi connectivity index (χ0v) is 27.6. The minimum atomic E-state index is -1.09. The van der Waals surface area contributed by atoms with Crippen LogP contribution in [-0.2, 0) is 23.8 Å². The van der Waals surface area contributed by atoms with E-state index in [0.29, 0.717) is 41.3 Å². The molecule has 0 radical (unpaired) electrons. The van der Waals surface area contributed by atoms with Gasteiger partial charge in [0.05, 0.1) is 4.88 Å². The van der Waals surface area contributed by atoms with Crippen molar-refractivity contribution >= 4 is 29.0 Å². The molecule has 43 heavy (non-hydrogen) atoms.